The van der Waals surface area contributed by atoms with Gasteiger partial charge in [-0.25, -0.2) is 5.43 Å². The second-order valence-corrected chi connectivity index (χ2v) is 7.42. The van der Waals surface area contributed by atoms with Gasteiger partial charge in [0.2, 0.25) is 0 Å². The number of nitrogens with zero attached hydrogens (tertiary/aromatic N) is 2. The first-order valence-electron chi connectivity index (χ1n) is 9.00. The first kappa shape index (κ1) is 22.3. The molecular formula is C21H17Cl2N3O5. The fraction of sp³-hybridized carbons (Fsp3) is 0.143. The van der Waals surface area contributed by atoms with E-state index in [1.165, 1.54) is 18.3 Å². The van der Waals surface area contributed by atoms with Crippen LogP contribution in [0.2, 0.25) is 10.0 Å². The summed E-state index contributed by atoms with van der Waals surface area (Å²) < 4.78 is 11.1. The third-order valence-electron chi connectivity index (χ3n) is 4.21. The number of hydrazone groups is 1. The van der Waals surface area contributed by atoms with Crippen molar-refractivity contribution in [2.75, 3.05) is 6.61 Å². The molecule has 1 heterocycles. The van der Waals surface area contributed by atoms with Crippen molar-refractivity contribution in [1.29, 1.82) is 0 Å². The minimum Gasteiger partial charge on any atom is -0.483 e. The summed E-state index contributed by atoms with van der Waals surface area (Å²) in [6.07, 6.45) is 1.34. The van der Waals surface area contributed by atoms with Crippen LogP contribution in [0.1, 0.15) is 16.9 Å². The Kier molecular flexibility index (Phi) is 6.94. The Morgan fingerprint density at radius 2 is 1.90 bits per heavy atom. The molecule has 1 amide bonds. The van der Waals surface area contributed by atoms with Crippen molar-refractivity contribution in [3.05, 3.63) is 79.5 Å². The van der Waals surface area contributed by atoms with Gasteiger partial charge in [-0.3, -0.25) is 14.9 Å². The van der Waals surface area contributed by atoms with Crippen LogP contribution < -0.4 is 10.2 Å². The SMILES string of the molecule is Cc1cc([N+](=O)[O-])cc(C)c1OCC(=O)N/N=C/c1ccc(-c2ccc(Cl)cc2Cl)o1. The first-order valence-corrected chi connectivity index (χ1v) is 9.76. The fourth-order valence-electron chi connectivity index (χ4n) is 2.85. The molecule has 1 aromatic heterocycles. The molecule has 160 valence electrons. The van der Waals surface area contributed by atoms with E-state index < -0.39 is 10.8 Å². The van der Waals surface area contributed by atoms with Gasteiger partial charge in [-0.2, -0.15) is 5.10 Å². The zero-order valence-corrected chi connectivity index (χ0v) is 18.0. The average Bonchev–Trinajstić information content (AvgIpc) is 3.15. The number of aryl methyl sites for hydroxylation is 2. The van der Waals surface area contributed by atoms with Crippen molar-refractivity contribution in [3.63, 3.8) is 0 Å². The van der Waals surface area contributed by atoms with Gasteiger partial charge >= 0.3 is 0 Å². The van der Waals surface area contributed by atoms with Crippen molar-refractivity contribution in [2.24, 2.45) is 5.10 Å². The summed E-state index contributed by atoms with van der Waals surface area (Å²) in [5.41, 5.74) is 4.10. The molecule has 10 heteroatoms. The highest BCUT2D eigenvalue weighted by Gasteiger charge is 2.14. The number of non-ortho nitro benzene ring substituents is 1. The predicted octanol–water partition coefficient (Wildman–Crippen LogP) is 5.31. The number of amides is 1. The minimum atomic E-state index is -0.499. The maximum Gasteiger partial charge on any atom is 0.277 e. The number of carbonyl (C=O) groups excluding carboxylic acids is 1. The lowest BCUT2D eigenvalue weighted by molar-refractivity contribution is -0.385. The van der Waals surface area contributed by atoms with Crippen LogP contribution in [-0.4, -0.2) is 23.7 Å². The number of hydrogen-bond acceptors (Lipinski definition) is 6. The van der Waals surface area contributed by atoms with Gasteiger partial charge in [-0.15, -0.1) is 0 Å². The molecule has 0 fully saturated rings. The van der Waals surface area contributed by atoms with Gasteiger partial charge < -0.3 is 9.15 Å². The fourth-order valence-corrected chi connectivity index (χ4v) is 3.36. The number of nitrogens with one attached hydrogen (secondary N) is 1. The largest absolute Gasteiger partial charge is 0.483 e. The summed E-state index contributed by atoms with van der Waals surface area (Å²) in [5, 5.41) is 15.7. The van der Waals surface area contributed by atoms with Crippen LogP contribution in [0, 0.1) is 24.0 Å². The number of furan rings is 1. The third kappa shape index (κ3) is 5.62. The van der Waals surface area contributed by atoms with Crippen LogP contribution in [0.4, 0.5) is 5.69 Å². The number of nitro benzene ring substituents is 1. The average molecular weight is 462 g/mol. The molecule has 8 nitrogen and oxygen atoms in total. The van der Waals surface area contributed by atoms with Gasteiger partial charge in [0.25, 0.3) is 11.6 Å². The predicted molar refractivity (Wildman–Crippen MR) is 118 cm³/mol. The molecule has 0 aliphatic carbocycles. The summed E-state index contributed by atoms with van der Waals surface area (Å²) in [7, 11) is 0. The maximum atomic E-state index is 12.0. The normalized spacial score (nSPS) is 11.0. The van der Waals surface area contributed by atoms with E-state index in [0.717, 1.165) is 0 Å². The number of carbonyl (C=O) groups is 1. The van der Waals surface area contributed by atoms with Crippen molar-refractivity contribution < 1.29 is 18.9 Å². The Labute approximate surface area is 187 Å². The molecule has 0 spiro atoms. The standard InChI is InChI=1S/C21H17Cl2N3O5/c1-12-7-15(26(28)29)8-13(2)21(12)30-11-20(27)25-24-10-16-4-6-19(31-16)17-5-3-14(22)9-18(17)23/h3-10H,11H2,1-2H3,(H,25,27)/b24-10+. The summed E-state index contributed by atoms with van der Waals surface area (Å²) in [4.78, 5) is 22.4. The summed E-state index contributed by atoms with van der Waals surface area (Å²) in [5.74, 6) is 0.854. The van der Waals surface area contributed by atoms with Gasteiger partial charge in [0, 0.05) is 22.7 Å². The number of benzene rings is 2. The van der Waals surface area contributed by atoms with E-state index in [1.54, 1.807) is 44.2 Å². The Morgan fingerprint density at radius 1 is 1.19 bits per heavy atom. The molecule has 2 aromatic carbocycles. The van der Waals surface area contributed by atoms with Gasteiger partial charge in [0.15, 0.2) is 6.61 Å². The molecule has 0 bridgehead atoms. The van der Waals surface area contributed by atoms with Crippen molar-refractivity contribution in [1.82, 2.24) is 5.43 Å². The Balaban J connectivity index is 1.57. The molecular weight excluding hydrogens is 445 g/mol. The molecule has 0 atom stereocenters. The van der Waals surface area contributed by atoms with E-state index in [4.69, 9.17) is 32.4 Å². The lowest BCUT2D eigenvalue weighted by Gasteiger charge is -2.11. The monoisotopic (exact) mass is 461 g/mol. The van der Waals surface area contributed by atoms with Crippen LogP contribution >= 0.6 is 23.2 Å². The molecule has 0 saturated carbocycles. The first-order chi connectivity index (χ1) is 14.7. The van der Waals surface area contributed by atoms with E-state index in [0.29, 0.717) is 44.0 Å². The maximum absolute atomic E-state index is 12.0. The zero-order chi connectivity index (χ0) is 22.5. The molecule has 0 saturated heterocycles. The highest BCUT2D eigenvalue weighted by Crippen LogP contribution is 2.31. The van der Waals surface area contributed by atoms with E-state index >= 15 is 0 Å². The number of nitro groups is 1. The lowest BCUT2D eigenvalue weighted by Crippen LogP contribution is -2.25. The Morgan fingerprint density at radius 3 is 2.55 bits per heavy atom. The molecule has 3 rings (SSSR count). The summed E-state index contributed by atoms with van der Waals surface area (Å²) in [6, 6.07) is 11.2. The van der Waals surface area contributed by atoms with Crippen LogP contribution in [0.15, 0.2) is 52.0 Å². The molecule has 1 N–H and O–H groups in total. The zero-order valence-electron chi connectivity index (χ0n) is 16.5. The van der Waals surface area contributed by atoms with Crippen LogP contribution in [-0.2, 0) is 4.79 Å². The summed E-state index contributed by atoms with van der Waals surface area (Å²) in [6.45, 7) is 3.04. The highest BCUT2D eigenvalue weighted by molar-refractivity contribution is 6.36. The molecule has 0 radical (unpaired) electrons. The number of halogens is 2. The van der Waals surface area contributed by atoms with Gasteiger partial charge in [0.05, 0.1) is 16.2 Å². The van der Waals surface area contributed by atoms with Crippen LogP contribution in [0.3, 0.4) is 0 Å². The topological polar surface area (TPSA) is 107 Å². The van der Waals surface area contributed by atoms with Gasteiger partial charge in [-0.05, 0) is 55.3 Å². The smallest absolute Gasteiger partial charge is 0.277 e. The quantitative estimate of drug-likeness (QED) is 0.291. The number of ether oxygens (including phenoxy) is 1. The molecule has 0 unspecified atom stereocenters. The molecule has 31 heavy (non-hydrogen) atoms. The van der Waals surface area contributed by atoms with Crippen molar-refractivity contribution in [2.45, 2.75) is 13.8 Å². The second-order valence-electron chi connectivity index (χ2n) is 6.57. The van der Waals surface area contributed by atoms with E-state index in [-0.39, 0.29) is 12.3 Å². The van der Waals surface area contributed by atoms with Crippen LogP contribution in [0.5, 0.6) is 5.75 Å². The Hall–Kier alpha value is -3.36. The molecule has 3 aromatic rings. The third-order valence-corrected chi connectivity index (χ3v) is 4.76. The molecule has 0 aliphatic heterocycles. The van der Waals surface area contributed by atoms with Gasteiger partial charge in [-0.1, -0.05) is 23.2 Å². The number of rotatable bonds is 7. The van der Waals surface area contributed by atoms with Crippen molar-refractivity contribution in [3.8, 4) is 17.1 Å². The number of hydrogen-bond donors (Lipinski definition) is 1. The Bertz CT molecular complexity index is 1150. The summed E-state index contributed by atoms with van der Waals surface area (Å²) >= 11 is 12.1. The van der Waals surface area contributed by atoms with E-state index in [9.17, 15) is 14.9 Å². The highest BCUT2D eigenvalue weighted by atomic mass is 35.5. The van der Waals surface area contributed by atoms with Gasteiger partial charge in [0.1, 0.15) is 17.3 Å². The van der Waals surface area contributed by atoms with Crippen molar-refractivity contribution >= 4 is 41.0 Å². The second kappa shape index (κ2) is 9.63. The van der Waals surface area contributed by atoms with E-state index in [1.807, 2.05) is 0 Å². The lowest BCUT2D eigenvalue weighted by atomic mass is 10.1. The van der Waals surface area contributed by atoms with E-state index in [2.05, 4.69) is 10.5 Å². The minimum absolute atomic E-state index is 0.0332. The molecule has 0 aliphatic rings. The van der Waals surface area contributed by atoms with Crippen LogP contribution in [0.25, 0.3) is 11.3 Å².